The van der Waals surface area contributed by atoms with Crippen molar-refractivity contribution in [3.05, 3.63) is 53.2 Å². The van der Waals surface area contributed by atoms with Crippen LogP contribution in [0.25, 0.3) is 0 Å². The summed E-state index contributed by atoms with van der Waals surface area (Å²) in [6.07, 6.45) is 1.72. The fourth-order valence-corrected chi connectivity index (χ4v) is 1.88. The quantitative estimate of drug-likeness (QED) is 0.896. The first-order chi connectivity index (χ1) is 8.54. The molecule has 0 amide bonds. The van der Waals surface area contributed by atoms with E-state index >= 15 is 0 Å². The van der Waals surface area contributed by atoms with Gasteiger partial charge in [0.15, 0.2) is 0 Å². The Hall–Kier alpha value is -1.87. The summed E-state index contributed by atoms with van der Waals surface area (Å²) in [5, 5.41) is 0. The van der Waals surface area contributed by atoms with E-state index in [4.69, 9.17) is 10.5 Å². The molecule has 0 bridgehead atoms. The van der Waals surface area contributed by atoms with Gasteiger partial charge in [-0.2, -0.15) is 0 Å². The van der Waals surface area contributed by atoms with E-state index in [1.165, 1.54) is 11.1 Å². The smallest absolute Gasteiger partial charge is 0.219 e. The lowest BCUT2D eigenvalue weighted by atomic mass is 10.1. The SMILES string of the molecule is Cc1cc(C)cc(Oc2cc(C(C)N)ccn2)c1. The van der Waals surface area contributed by atoms with Gasteiger partial charge in [-0.15, -0.1) is 0 Å². The van der Waals surface area contributed by atoms with Crippen molar-refractivity contribution in [2.24, 2.45) is 5.73 Å². The maximum absolute atomic E-state index is 5.84. The summed E-state index contributed by atoms with van der Waals surface area (Å²) < 4.78 is 5.76. The molecular weight excluding hydrogens is 224 g/mol. The molecule has 0 saturated carbocycles. The molecule has 3 heteroatoms. The van der Waals surface area contributed by atoms with Crippen molar-refractivity contribution in [3.63, 3.8) is 0 Å². The third-order valence-corrected chi connectivity index (χ3v) is 2.70. The highest BCUT2D eigenvalue weighted by molar-refractivity contribution is 5.36. The van der Waals surface area contributed by atoms with Gasteiger partial charge in [-0.25, -0.2) is 4.98 Å². The standard InChI is InChI=1S/C15H18N2O/c1-10-6-11(2)8-14(7-10)18-15-9-13(12(3)16)4-5-17-15/h4-9,12H,16H2,1-3H3. The largest absolute Gasteiger partial charge is 0.439 e. The Balaban J connectivity index is 2.25. The molecule has 0 saturated heterocycles. The van der Waals surface area contributed by atoms with Crippen LogP contribution in [0.4, 0.5) is 0 Å². The molecule has 0 aliphatic heterocycles. The van der Waals surface area contributed by atoms with Crippen molar-refractivity contribution >= 4 is 0 Å². The van der Waals surface area contributed by atoms with Gasteiger partial charge in [-0.05, 0) is 55.7 Å². The van der Waals surface area contributed by atoms with Crippen LogP contribution in [0, 0.1) is 13.8 Å². The first-order valence-electron chi connectivity index (χ1n) is 6.02. The summed E-state index contributed by atoms with van der Waals surface area (Å²) in [4.78, 5) is 4.20. The van der Waals surface area contributed by atoms with E-state index in [2.05, 4.69) is 11.1 Å². The van der Waals surface area contributed by atoms with Gasteiger partial charge in [0, 0.05) is 18.3 Å². The second kappa shape index (κ2) is 5.19. The van der Waals surface area contributed by atoms with Crippen molar-refractivity contribution in [2.45, 2.75) is 26.8 Å². The molecule has 1 aromatic heterocycles. The van der Waals surface area contributed by atoms with Crippen molar-refractivity contribution in [2.75, 3.05) is 0 Å². The number of aryl methyl sites for hydroxylation is 2. The predicted octanol–water partition coefficient (Wildman–Crippen LogP) is 3.51. The number of nitrogens with two attached hydrogens (primary N) is 1. The lowest BCUT2D eigenvalue weighted by molar-refractivity contribution is 0.461. The van der Waals surface area contributed by atoms with Crippen LogP contribution in [0.1, 0.15) is 29.7 Å². The van der Waals surface area contributed by atoms with Gasteiger partial charge < -0.3 is 10.5 Å². The summed E-state index contributed by atoms with van der Waals surface area (Å²) in [6.45, 7) is 6.03. The highest BCUT2D eigenvalue weighted by Gasteiger charge is 2.04. The van der Waals surface area contributed by atoms with Crippen LogP contribution in [0.2, 0.25) is 0 Å². The van der Waals surface area contributed by atoms with Crippen LogP contribution in [-0.4, -0.2) is 4.98 Å². The molecule has 0 fully saturated rings. The summed E-state index contributed by atoms with van der Waals surface area (Å²) >= 11 is 0. The number of benzene rings is 1. The maximum Gasteiger partial charge on any atom is 0.219 e. The average molecular weight is 242 g/mol. The lowest BCUT2D eigenvalue weighted by Crippen LogP contribution is -2.05. The van der Waals surface area contributed by atoms with Gasteiger partial charge in [0.1, 0.15) is 5.75 Å². The monoisotopic (exact) mass is 242 g/mol. The van der Waals surface area contributed by atoms with Gasteiger partial charge in [-0.3, -0.25) is 0 Å². The molecule has 0 aliphatic rings. The molecule has 2 rings (SSSR count). The predicted molar refractivity (Wildman–Crippen MR) is 72.8 cm³/mol. The fourth-order valence-electron chi connectivity index (χ4n) is 1.88. The Bertz CT molecular complexity index is 530. The molecule has 0 radical (unpaired) electrons. The zero-order chi connectivity index (χ0) is 13.1. The molecular formula is C15H18N2O. The van der Waals surface area contributed by atoms with E-state index in [0.29, 0.717) is 5.88 Å². The molecule has 18 heavy (non-hydrogen) atoms. The molecule has 0 spiro atoms. The number of hydrogen-bond acceptors (Lipinski definition) is 3. The van der Waals surface area contributed by atoms with Crippen LogP contribution < -0.4 is 10.5 Å². The van der Waals surface area contributed by atoms with Gasteiger partial charge in [0.25, 0.3) is 0 Å². The molecule has 3 nitrogen and oxygen atoms in total. The second-order valence-corrected chi connectivity index (χ2v) is 4.64. The summed E-state index contributed by atoms with van der Waals surface area (Å²) in [5.41, 5.74) is 9.21. The normalized spacial score (nSPS) is 12.2. The van der Waals surface area contributed by atoms with Crippen LogP contribution >= 0.6 is 0 Å². The summed E-state index contributed by atoms with van der Waals surface area (Å²) in [6, 6.07) is 9.86. The molecule has 2 aromatic rings. The minimum absolute atomic E-state index is 0.0189. The molecule has 1 atom stereocenters. The highest BCUT2D eigenvalue weighted by Crippen LogP contribution is 2.23. The molecule has 2 N–H and O–H groups in total. The van der Waals surface area contributed by atoms with Crippen LogP contribution in [-0.2, 0) is 0 Å². The van der Waals surface area contributed by atoms with Gasteiger partial charge in [0.2, 0.25) is 5.88 Å². The van der Waals surface area contributed by atoms with E-state index in [1.54, 1.807) is 6.20 Å². The maximum atomic E-state index is 5.84. The van der Waals surface area contributed by atoms with Crippen molar-refractivity contribution < 1.29 is 4.74 Å². The van der Waals surface area contributed by atoms with Gasteiger partial charge in [0.05, 0.1) is 0 Å². The van der Waals surface area contributed by atoms with E-state index in [1.807, 2.05) is 45.0 Å². The van der Waals surface area contributed by atoms with E-state index in [-0.39, 0.29) is 6.04 Å². The number of aromatic nitrogens is 1. The van der Waals surface area contributed by atoms with Crippen molar-refractivity contribution in [1.29, 1.82) is 0 Å². The Kier molecular flexibility index (Phi) is 3.63. The minimum atomic E-state index is -0.0189. The molecule has 94 valence electrons. The first kappa shape index (κ1) is 12.6. The van der Waals surface area contributed by atoms with Gasteiger partial charge >= 0.3 is 0 Å². The molecule has 1 heterocycles. The zero-order valence-corrected chi connectivity index (χ0v) is 11.0. The molecule has 1 aromatic carbocycles. The van der Waals surface area contributed by atoms with Crippen molar-refractivity contribution in [1.82, 2.24) is 4.98 Å². The number of rotatable bonds is 3. The second-order valence-electron chi connectivity index (χ2n) is 4.64. The number of nitrogens with zero attached hydrogens (tertiary/aromatic N) is 1. The van der Waals surface area contributed by atoms with E-state index in [0.717, 1.165) is 11.3 Å². The number of hydrogen-bond donors (Lipinski definition) is 1. The highest BCUT2D eigenvalue weighted by atomic mass is 16.5. The fraction of sp³-hybridized carbons (Fsp3) is 0.267. The summed E-state index contributed by atoms with van der Waals surface area (Å²) in [7, 11) is 0. The zero-order valence-electron chi connectivity index (χ0n) is 11.0. The van der Waals surface area contributed by atoms with Crippen LogP contribution in [0.5, 0.6) is 11.6 Å². The van der Waals surface area contributed by atoms with Crippen molar-refractivity contribution in [3.8, 4) is 11.6 Å². The Morgan fingerprint density at radius 3 is 2.39 bits per heavy atom. The van der Waals surface area contributed by atoms with E-state index in [9.17, 15) is 0 Å². The first-order valence-corrected chi connectivity index (χ1v) is 6.02. The Morgan fingerprint density at radius 2 is 1.78 bits per heavy atom. The minimum Gasteiger partial charge on any atom is -0.439 e. The topological polar surface area (TPSA) is 48.1 Å². The molecule has 1 unspecified atom stereocenters. The third-order valence-electron chi connectivity index (χ3n) is 2.70. The van der Waals surface area contributed by atoms with Crippen LogP contribution in [0.3, 0.4) is 0 Å². The molecule has 0 aliphatic carbocycles. The third kappa shape index (κ3) is 3.08. The average Bonchev–Trinajstić information content (AvgIpc) is 2.27. The van der Waals surface area contributed by atoms with E-state index < -0.39 is 0 Å². The Labute approximate surface area is 108 Å². The number of pyridine rings is 1. The lowest BCUT2D eigenvalue weighted by Gasteiger charge is -2.09. The van der Waals surface area contributed by atoms with Crippen LogP contribution in [0.15, 0.2) is 36.5 Å². The summed E-state index contributed by atoms with van der Waals surface area (Å²) in [5.74, 6) is 1.39. The Morgan fingerprint density at radius 1 is 1.11 bits per heavy atom. The van der Waals surface area contributed by atoms with Gasteiger partial charge in [-0.1, -0.05) is 6.07 Å². The number of ether oxygens (including phenoxy) is 1.